The van der Waals surface area contributed by atoms with Gasteiger partial charge in [0.25, 0.3) is 0 Å². The highest BCUT2D eigenvalue weighted by atomic mass is 16.5. The molecule has 1 aromatic heterocycles. The van der Waals surface area contributed by atoms with Crippen LogP contribution in [-0.4, -0.2) is 42.6 Å². The molecule has 7 heteroatoms. The molecule has 1 atom stereocenters. The van der Waals surface area contributed by atoms with Gasteiger partial charge < -0.3 is 20.7 Å². The molecule has 1 aliphatic rings. The van der Waals surface area contributed by atoms with Crippen molar-refractivity contribution in [3.05, 3.63) is 17.8 Å². The Labute approximate surface area is 123 Å². The predicted molar refractivity (Wildman–Crippen MR) is 79.0 cm³/mol. The minimum atomic E-state index is -0.448. The molecule has 21 heavy (non-hydrogen) atoms. The molecule has 0 spiro atoms. The van der Waals surface area contributed by atoms with Gasteiger partial charge in [0.1, 0.15) is 5.82 Å². The maximum absolute atomic E-state index is 11.8. The van der Waals surface area contributed by atoms with Crippen molar-refractivity contribution < 1.29 is 14.3 Å². The Hall–Kier alpha value is -2.31. The van der Waals surface area contributed by atoms with Crippen molar-refractivity contribution in [1.82, 2.24) is 10.3 Å². The maximum atomic E-state index is 11.8. The maximum Gasteiger partial charge on any atom is 0.340 e. The number of anilines is 2. The Bertz CT molecular complexity index is 547. The monoisotopic (exact) mass is 292 g/mol. The first-order chi connectivity index (χ1) is 10.0. The third-order valence-corrected chi connectivity index (χ3v) is 3.34. The number of nitrogen functional groups attached to an aromatic ring is 1. The molecule has 1 aliphatic heterocycles. The minimum absolute atomic E-state index is 0.0423. The zero-order chi connectivity index (χ0) is 15.4. The van der Waals surface area contributed by atoms with Gasteiger partial charge in [0.2, 0.25) is 5.91 Å². The van der Waals surface area contributed by atoms with Gasteiger partial charge in [-0.3, -0.25) is 4.79 Å². The number of carbonyl (C=O) groups excluding carboxylic acids is 2. The Morgan fingerprint density at radius 1 is 1.57 bits per heavy atom. The lowest BCUT2D eigenvalue weighted by Gasteiger charge is -2.18. The summed E-state index contributed by atoms with van der Waals surface area (Å²) in [6.45, 7) is 4.98. The van der Waals surface area contributed by atoms with Gasteiger partial charge in [-0.15, -0.1) is 0 Å². The molecule has 0 radical (unpaired) electrons. The summed E-state index contributed by atoms with van der Waals surface area (Å²) >= 11 is 0. The standard InChI is InChI=1S/C14H20N4O3/c1-3-21-14(20)11-6-13(16-7-12(11)15)18-5-4-10(8-18)17-9(2)19/h6-7,10H,3-5,8,15H2,1-2H3,(H,17,19). The lowest BCUT2D eigenvalue weighted by molar-refractivity contribution is -0.119. The Morgan fingerprint density at radius 2 is 2.33 bits per heavy atom. The molecule has 0 aromatic carbocycles. The van der Waals surface area contributed by atoms with E-state index in [1.54, 1.807) is 13.0 Å². The number of esters is 1. The number of nitrogens with one attached hydrogen (secondary N) is 1. The van der Waals surface area contributed by atoms with Gasteiger partial charge in [0.05, 0.1) is 24.1 Å². The van der Waals surface area contributed by atoms with Crippen molar-refractivity contribution in [2.45, 2.75) is 26.3 Å². The lowest BCUT2D eigenvalue weighted by Crippen LogP contribution is -2.35. The van der Waals surface area contributed by atoms with Crippen molar-refractivity contribution in [2.75, 3.05) is 30.3 Å². The van der Waals surface area contributed by atoms with E-state index < -0.39 is 5.97 Å². The van der Waals surface area contributed by atoms with Gasteiger partial charge in [-0.1, -0.05) is 0 Å². The van der Waals surface area contributed by atoms with E-state index in [1.807, 2.05) is 4.90 Å². The van der Waals surface area contributed by atoms with Gasteiger partial charge in [-0.25, -0.2) is 9.78 Å². The van der Waals surface area contributed by atoms with Crippen molar-refractivity contribution in [1.29, 1.82) is 0 Å². The summed E-state index contributed by atoms with van der Waals surface area (Å²) < 4.78 is 4.98. The van der Waals surface area contributed by atoms with Crippen LogP contribution >= 0.6 is 0 Å². The molecule has 114 valence electrons. The molecule has 3 N–H and O–H groups in total. The average Bonchev–Trinajstić information content (AvgIpc) is 2.87. The number of rotatable bonds is 4. The average molecular weight is 292 g/mol. The molecule has 1 unspecified atom stereocenters. The first-order valence-electron chi connectivity index (χ1n) is 6.96. The number of hydrogen-bond donors (Lipinski definition) is 2. The highest BCUT2D eigenvalue weighted by molar-refractivity contribution is 5.95. The van der Waals surface area contributed by atoms with Gasteiger partial charge >= 0.3 is 5.97 Å². The summed E-state index contributed by atoms with van der Waals surface area (Å²) in [6, 6.07) is 1.75. The zero-order valence-corrected chi connectivity index (χ0v) is 12.3. The molecular formula is C14H20N4O3. The van der Waals surface area contributed by atoms with Crippen LogP contribution in [0.3, 0.4) is 0 Å². The number of carbonyl (C=O) groups is 2. The van der Waals surface area contributed by atoms with Crippen molar-refractivity contribution in [3.8, 4) is 0 Å². The van der Waals surface area contributed by atoms with Crippen molar-refractivity contribution in [3.63, 3.8) is 0 Å². The first kappa shape index (κ1) is 15.1. The Kier molecular flexibility index (Phi) is 4.62. The molecule has 1 amide bonds. The molecule has 1 aromatic rings. The van der Waals surface area contributed by atoms with Crippen LogP contribution in [0.1, 0.15) is 30.6 Å². The summed E-state index contributed by atoms with van der Waals surface area (Å²) in [7, 11) is 0. The van der Waals surface area contributed by atoms with E-state index in [9.17, 15) is 9.59 Å². The molecule has 0 bridgehead atoms. The van der Waals surface area contributed by atoms with Crippen LogP contribution in [0.2, 0.25) is 0 Å². The lowest BCUT2D eigenvalue weighted by atomic mass is 10.2. The number of ether oxygens (including phenoxy) is 1. The van der Waals surface area contributed by atoms with Crippen LogP contribution in [0.5, 0.6) is 0 Å². The normalized spacial score (nSPS) is 17.6. The largest absolute Gasteiger partial charge is 0.462 e. The molecule has 2 rings (SSSR count). The highest BCUT2D eigenvalue weighted by Crippen LogP contribution is 2.22. The van der Waals surface area contributed by atoms with Crippen LogP contribution in [-0.2, 0) is 9.53 Å². The van der Waals surface area contributed by atoms with E-state index in [0.717, 1.165) is 13.0 Å². The van der Waals surface area contributed by atoms with E-state index in [2.05, 4.69) is 10.3 Å². The van der Waals surface area contributed by atoms with Gasteiger partial charge in [0.15, 0.2) is 0 Å². The summed E-state index contributed by atoms with van der Waals surface area (Å²) in [5.41, 5.74) is 6.40. The molecule has 0 saturated carbocycles. The third kappa shape index (κ3) is 3.62. The molecule has 0 aliphatic carbocycles. The van der Waals surface area contributed by atoms with E-state index in [0.29, 0.717) is 30.2 Å². The van der Waals surface area contributed by atoms with Gasteiger partial charge in [-0.2, -0.15) is 0 Å². The van der Waals surface area contributed by atoms with Gasteiger partial charge in [0, 0.05) is 26.1 Å². The second-order valence-electron chi connectivity index (χ2n) is 4.98. The fourth-order valence-electron chi connectivity index (χ4n) is 2.39. The van der Waals surface area contributed by atoms with Crippen LogP contribution in [0.4, 0.5) is 11.5 Å². The van der Waals surface area contributed by atoms with E-state index in [1.165, 1.54) is 13.1 Å². The SMILES string of the molecule is CCOC(=O)c1cc(N2CCC(NC(C)=O)C2)ncc1N. The summed E-state index contributed by atoms with van der Waals surface area (Å²) in [4.78, 5) is 29.2. The smallest absolute Gasteiger partial charge is 0.340 e. The minimum Gasteiger partial charge on any atom is -0.462 e. The predicted octanol–water partition coefficient (Wildman–Crippen LogP) is 0.555. The summed E-state index contributed by atoms with van der Waals surface area (Å²) in [6.07, 6.45) is 2.31. The fourth-order valence-corrected chi connectivity index (χ4v) is 2.39. The van der Waals surface area contributed by atoms with Crippen molar-refractivity contribution in [2.24, 2.45) is 0 Å². The number of pyridine rings is 1. The van der Waals surface area contributed by atoms with Crippen molar-refractivity contribution >= 4 is 23.4 Å². The number of hydrogen-bond acceptors (Lipinski definition) is 6. The number of nitrogens with two attached hydrogens (primary N) is 1. The quantitative estimate of drug-likeness (QED) is 0.787. The summed E-state index contributed by atoms with van der Waals surface area (Å²) in [5, 5.41) is 2.89. The second-order valence-corrected chi connectivity index (χ2v) is 4.98. The zero-order valence-electron chi connectivity index (χ0n) is 12.3. The molecular weight excluding hydrogens is 272 g/mol. The fraction of sp³-hybridized carbons (Fsp3) is 0.500. The number of aromatic nitrogens is 1. The number of nitrogens with zero attached hydrogens (tertiary/aromatic N) is 2. The molecule has 2 heterocycles. The summed E-state index contributed by atoms with van der Waals surface area (Å²) in [5.74, 6) is 0.177. The topological polar surface area (TPSA) is 97.5 Å². The van der Waals surface area contributed by atoms with Crippen LogP contribution < -0.4 is 16.0 Å². The Balaban J connectivity index is 2.12. The molecule has 7 nitrogen and oxygen atoms in total. The number of amides is 1. The third-order valence-electron chi connectivity index (χ3n) is 3.34. The van der Waals surface area contributed by atoms with E-state index in [-0.39, 0.29) is 11.9 Å². The first-order valence-corrected chi connectivity index (χ1v) is 6.96. The van der Waals surface area contributed by atoms with Gasteiger partial charge in [-0.05, 0) is 19.4 Å². The van der Waals surface area contributed by atoms with Crippen LogP contribution in [0.25, 0.3) is 0 Å². The highest BCUT2D eigenvalue weighted by Gasteiger charge is 2.25. The second kappa shape index (κ2) is 6.43. The van der Waals surface area contributed by atoms with Crippen LogP contribution in [0.15, 0.2) is 12.3 Å². The van der Waals surface area contributed by atoms with E-state index >= 15 is 0 Å². The van der Waals surface area contributed by atoms with E-state index in [4.69, 9.17) is 10.5 Å². The molecule has 1 saturated heterocycles. The Morgan fingerprint density at radius 3 is 3.00 bits per heavy atom. The molecule has 1 fully saturated rings. The van der Waals surface area contributed by atoms with Crippen LogP contribution in [0, 0.1) is 0 Å².